The largest absolute Gasteiger partial charge is 0.445 e. The number of oxazole rings is 1. The normalized spacial score (nSPS) is 11.3. The molecule has 0 saturated carbocycles. The van der Waals surface area contributed by atoms with Crippen molar-refractivity contribution in [1.29, 1.82) is 0 Å². The van der Waals surface area contributed by atoms with Gasteiger partial charge in [0.2, 0.25) is 11.8 Å². The second-order valence-corrected chi connectivity index (χ2v) is 11.1. The predicted molar refractivity (Wildman–Crippen MR) is 152 cm³/mol. The number of carbonyl (C=O) groups is 1. The summed E-state index contributed by atoms with van der Waals surface area (Å²) >= 11 is 0. The van der Waals surface area contributed by atoms with Crippen LogP contribution in [0, 0.1) is 13.8 Å². The third-order valence-corrected chi connectivity index (χ3v) is 7.95. The highest BCUT2D eigenvalue weighted by Gasteiger charge is 2.25. The number of hydrogen-bond acceptors (Lipinski definition) is 8. The van der Waals surface area contributed by atoms with Gasteiger partial charge in [-0.1, -0.05) is 59.8 Å². The molecule has 11 heteroatoms. The van der Waals surface area contributed by atoms with Crippen LogP contribution in [0.15, 0.2) is 99.1 Å². The Morgan fingerprint density at radius 1 is 1.00 bits per heavy atom. The lowest BCUT2D eigenvalue weighted by atomic mass is 9.97. The van der Waals surface area contributed by atoms with E-state index in [1.807, 2.05) is 36.4 Å². The number of aryl methyl sites for hydroxylation is 1. The molecule has 0 saturated heterocycles. The van der Waals surface area contributed by atoms with E-state index in [1.165, 1.54) is 23.4 Å². The maximum Gasteiger partial charge on any atom is 0.410 e. The summed E-state index contributed by atoms with van der Waals surface area (Å²) in [5.74, 6) is 0.448. The number of aromatic nitrogens is 2. The first kappa shape index (κ1) is 27.7. The monoisotopic (exact) mass is 572 g/mol. The van der Waals surface area contributed by atoms with E-state index in [9.17, 15) is 13.2 Å². The number of carbonyl (C=O) groups excluding carboxylic acids is 1. The minimum absolute atomic E-state index is 0.0351. The molecule has 0 atom stereocenters. The lowest BCUT2D eigenvalue weighted by Crippen LogP contribution is -2.27. The lowest BCUT2D eigenvalue weighted by Gasteiger charge is -2.21. The van der Waals surface area contributed by atoms with Gasteiger partial charge < -0.3 is 18.6 Å². The number of rotatable bonds is 9. The van der Waals surface area contributed by atoms with Gasteiger partial charge in [0.25, 0.3) is 10.0 Å². The first-order chi connectivity index (χ1) is 19.7. The van der Waals surface area contributed by atoms with Crippen molar-refractivity contribution in [2.75, 3.05) is 11.8 Å². The Balaban J connectivity index is 1.49. The number of amides is 1. The second-order valence-electron chi connectivity index (χ2n) is 9.43. The van der Waals surface area contributed by atoms with E-state index in [4.69, 9.17) is 13.7 Å². The summed E-state index contributed by atoms with van der Waals surface area (Å²) in [6.07, 6.45) is 2.48. The molecule has 1 amide bonds. The molecule has 0 aliphatic heterocycles. The molecule has 0 spiro atoms. The highest BCUT2D eigenvalue weighted by Crippen LogP contribution is 2.34. The van der Waals surface area contributed by atoms with Crippen LogP contribution in [0.25, 0.3) is 22.6 Å². The molecular formula is C30H28N4O6S. The number of benzene rings is 3. The fourth-order valence-corrected chi connectivity index (χ4v) is 5.52. The second kappa shape index (κ2) is 11.7. The molecule has 5 aromatic rings. The average Bonchev–Trinajstić information content (AvgIpc) is 3.63. The summed E-state index contributed by atoms with van der Waals surface area (Å²) in [6, 6.07) is 21.4. The van der Waals surface area contributed by atoms with Crippen molar-refractivity contribution in [1.82, 2.24) is 15.0 Å². The van der Waals surface area contributed by atoms with Crippen molar-refractivity contribution in [3.8, 4) is 22.6 Å². The lowest BCUT2D eigenvalue weighted by molar-refractivity contribution is 0.103. The zero-order valence-corrected chi connectivity index (χ0v) is 23.5. The Morgan fingerprint density at radius 3 is 2.46 bits per heavy atom. The maximum absolute atomic E-state index is 13.6. The molecule has 0 fully saturated rings. The van der Waals surface area contributed by atoms with Crippen LogP contribution in [0.3, 0.4) is 0 Å². The molecule has 10 nitrogen and oxygen atoms in total. The molecule has 2 heterocycles. The van der Waals surface area contributed by atoms with Gasteiger partial charge in [0.1, 0.15) is 12.9 Å². The van der Waals surface area contributed by atoms with Crippen LogP contribution in [-0.2, 0) is 27.9 Å². The zero-order valence-electron chi connectivity index (χ0n) is 22.7. The molecular weight excluding hydrogens is 544 g/mol. The van der Waals surface area contributed by atoms with E-state index in [0.717, 1.165) is 5.56 Å². The van der Waals surface area contributed by atoms with Crippen molar-refractivity contribution in [3.63, 3.8) is 0 Å². The molecule has 2 aromatic heterocycles. The molecule has 0 aliphatic rings. The number of nitrogens with zero attached hydrogens (tertiary/aromatic N) is 3. The summed E-state index contributed by atoms with van der Waals surface area (Å²) < 4.78 is 45.8. The standard InChI is InChI=1S/C30H28N4O6S/c1-20-21(2)32-40-28(20)33-41(36,37)27-12-8-7-11-26(27)25-14-13-23(29-31-15-16-38-29)17-24(25)18-34(3)30(35)39-19-22-9-5-4-6-10-22/h4-17,33H,18-19H2,1-3H3. The number of anilines is 1. The van der Waals surface area contributed by atoms with Crippen molar-refractivity contribution in [3.05, 3.63) is 108 Å². The Labute approximate surface area is 237 Å². The Morgan fingerprint density at radius 2 is 1.76 bits per heavy atom. The van der Waals surface area contributed by atoms with Gasteiger partial charge in [-0.3, -0.25) is 0 Å². The quantitative estimate of drug-likeness (QED) is 0.222. The molecule has 0 aliphatic carbocycles. The molecule has 0 unspecified atom stereocenters. The van der Waals surface area contributed by atoms with E-state index in [1.54, 1.807) is 51.2 Å². The van der Waals surface area contributed by atoms with Gasteiger partial charge >= 0.3 is 6.09 Å². The molecule has 1 N–H and O–H groups in total. The maximum atomic E-state index is 13.6. The summed E-state index contributed by atoms with van der Waals surface area (Å²) in [5.41, 5.74) is 4.42. The van der Waals surface area contributed by atoms with E-state index in [-0.39, 0.29) is 23.9 Å². The average molecular weight is 573 g/mol. The fraction of sp³-hybridized carbons (Fsp3) is 0.167. The minimum Gasteiger partial charge on any atom is -0.445 e. The predicted octanol–water partition coefficient (Wildman–Crippen LogP) is 6.18. The Hall–Kier alpha value is -4.90. The summed E-state index contributed by atoms with van der Waals surface area (Å²) in [4.78, 5) is 18.6. The first-order valence-corrected chi connectivity index (χ1v) is 14.2. The van der Waals surface area contributed by atoms with Crippen molar-refractivity contribution >= 4 is 22.0 Å². The van der Waals surface area contributed by atoms with Crippen LogP contribution < -0.4 is 4.72 Å². The molecule has 5 rings (SSSR count). The highest BCUT2D eigenvalue weighted by atomic mass is 32.2. The van der Waals surface area contributed by atoms with Crippen molar-refractivity contribution in [2.45, 2.75) is 31.9 Å². The number of sulfonamides is 1. The van der Waals surface area contributed by atoms with Crippen LogP contribution in [0.4, 0.5) is 10.7 Å². The number of nitrogens with one attached hydrogen (secondary N) is 1. The highest BCUT2D eigenvalue weighted by molar-refractivity contribution is 7.92. The van der Waals surface area contributed by atoms with E-state index in [0.29, 0.717) is 39.4 Å². The molecule has 0 radical (unpaired) electrons. The number of hydrogen-bond donors (Lipinski definition) is 1. The molecule has 210 valence electrons. The Kier molecular flexibility index (Phi) is 7.88. The van der Waals surface area contributed by atoms with Crippen molar-refractivity contribution < 1.29 is 26.9 Å². The minimum atomic E-state index is -4.08. The molecule has 0 bridgehead atoms. The van der Waals surface area contributed by atoms with Gasteiger partial charge in [-0.05, 0) is 48.7 Å². The van der Waals surface area contributed by atoms with Gasteiger partial charge in [-0.15, -0.1) is 0 Å². The van der Waals surface area contributed by atoms with Gasteiger partial charge in [0.15, 0.2) is 0 Å². The summed E-state index contributed by atoms with van der Waals surface area (Å²) in [5, 5.41) is 3.84. The van der Waals surface area contributed by atoms with E-state index >= 15 is 0 Å². The summed E-state index contributed by atoms with van der Waals surface area (Å²) in [7, 11) is -2.46. The van der Waals surface area contributed by atoms with E-state index < -0.39 is 16.1 Å². The first-order valence-electron chi connectivity index (χ1n) is 12.7. The zero-order chi connectivity index (χ0) is 29.0. The Bertz CT molecular complexity index is 1770. The van der Waals surface area contributed by atoms with Crippen LogP contribution in [0.2, 0.25) is 0 Å². The van der Waals surface area contributed by atoms with E-state index in [2.05, 4.69) is 14.9 Å². The third-order valence-electron chi connectivity index (χ3n) is 6.56. The third kappa shape index (κ3) is 6.15. The SMILES string of the molecule is Cc1noc(NS(=O)(=O)c2ccccc2-c2ccc(-c3ncco3)cc2CN(C)C(=O)OCc2ccccc2)c1C. The van der Waals surface area contributed by atoms with Crippen molar-refractivity contribution in [2.24, 2.45) is 0 Å². The van der Waals surface area contributed by atoms with Gasteiger partial charge in [0, 0.05) is 30.3 Å². The van der Waals surface area contributed by atoms with Crippen LogP contribution in [0.5, 0.6) is 0 Å². The fourth-order valence-electron chi connectivity index (χ4n) is 4.25. The van der Waals surface area contributed by atoms with Gasteiger partial charge in [0.05, 0.1) is 16.8 Å². The van der Waals surface area contributed by atoms with Gasteiger partial charge in [-0.2, -0.15) is 0 Å². The summed E-state index contributed by atoms with van der Waals surface area (Å²) in [6.45, 7) is 3.70. The topological polar surface area (TPSA) is 128 Å². The van der Waals surface area contributed by atoms with Crippen LogP contribution >= 0.6 is 0 Å². The van der Waals surface area contributed by atoms with Crippen LogP contribution in [-0.4, -0.2) is 36.6 Å². The molecule has 3 aromatic carbocycles. The van der Waals surface area contributed by atoms with Crippen LogP contribution in [0.1, 0.15) is 22.4 Å². The smallest absolute Gasteiger partial charge is 0.410 e. The molecule has 41 heavy (non-hydrogen) atoms. The van der Waals surface area contributed by atoms with Gasteiger partial charge in [-0.25, -0.2) is 22.9 Å². The number of ether oxygens (including phenoxy) is 1.